The van der Waals surface area contributed by atoms with Crippen LogP contribution < -0.4 is 10.1 Å². The molecule has 8 heteroatoms. The summed E-state index contributed by atoms with van der Waals surface area (Å²) in [5.74, 6) is -0.577. The molecular formula is C17H20N4O4. The Hall–Kier alpha value is -2.87. The van der Waals surface area contributed by atoms with Crippen molar-refractivity contribution >= 4 is 11.9 Å². The Labute approximate surface area is 144 Å². The number of rotatable bonds is 6. The van der Waals surface area contributed by atoms with Crippen LogP contribution >= 0.6 is 0 Å². The van der Waals surface area contributed by atoms with Crippen LogP contribution in [-0.4, -0.2) is 57.6 Å². The monoisotopic (exact) mass is 344 g/mol. The SMILES string of the molecule is O=C(CN1CCOc2ccccc2C1)N[C@@H](Cc1cnc[nH]1)C(=O)O. The van der Waals surface area contributed by atoms with Gasteiger partial charge in [0.25, 0.3) is 0 Å². The van der Waals surface area contributed by atoms with Crippen molar-refractivity contribution in [3.63, 3.8) is 0 Å². The van der Waals surface area contributed by atoms with Crippen molar-refractivity contribution in [3.8, 4) is 5.75 Å². The van der Waals surface area contributed by atoms with Gasteiger partial charge in [0.1, 0.15) is 18.4 Å². The van der Waals surface area contributed by atoms with Crippen molar-refractivity contribution in [2.24, 2.45) is 0 Å². The summed E-state index contributed by atoms with van der Waals surface area (Å²) < 4.78 is 5.67. The van der Waals surface area contributed by atoms with E-state index < -0.39 is 12.0 Å². The molecule has 3 rings (SSSR count). The highest BCUT2D eigenvalue weighted by molar-refractivity contribution is 5.84. The predicted octanol–water partition coefficient (Wildman–Crippen LogP) is 0.416. The minimum atomic E-state index is -1.08. The summed E-state index contributed by atoms with van der Waals surface area (Å²) >= 11 is 0. The number of nitrogens with one attached hydrogen (secondary N) is 2. The van der Waals surface area contributed by atoms with Crippen LogP contribution in [0.15, 0.2) is 36.8 Å². The molecule has 1 aromatic carbocycles. The van der Waals surface area contributed by atoms with E-state index in [1.807, 2.05) is 29.2 Å². The normalized spacial score (nSPS) is 15.5. The molecule has 0 radical (unpaired) electrons. The van der Waals surface area contributed by atoms with Crippen LogP contribution in [0.25, 0.3) is 0 Å². The lowest BCUT2D eigenvalue weighted by atomic mass is 10.1. The zero-order chi connectivity index (χ0) is 17.6. The molecule has 1 aliphatic heterocycles. The number of amides is 1. The minimum Gasteiger partial charge on any atom is -0.492 e. The molecule has 2 aromatic rings. The third kappa shape index (κ3) is 4.57. The average molecular weight is 344 g/mol. The van der Waals surface area contributed by atoms with Crippen molar-refractivity contribution in [2.45, 2.75) is 19.0 Å². The molecule has 132 valence electrons. The number of hydrogen-bond donors (Lipinski definition) is 3. The fraction of sp³-hybridized carbons (Fsp3) is 0.353. The quantitative estimate of drug-likeness (QED) is 0.701. The number of nitrogens with zero attached hydrogens (tertiary/aromatic N) is 2. The third-order valence-electron chi connectivity index (χ3n) is 4.01. The van der Waals surface area contributed by atoms with Crippen molar-refractivity contribution in [1.29, 1.82) is 0 Å². The topological polar surface area (TPSA) is 108 Å². The summed E-state index contributed by atoms with van der Waals surface area (Å²) in [6, 6.07) is 6.71. The zero-order valence-corrected chi connectivity index (χ0v) is 13.6. The number of benzene rings is 1. The summed E-state index contributed by atoms with van der Waals surface area (Å²) in [5, 5.41) is 11.9. The molecule has 1 aromatic heterocycles. The lowest BCUT2D eigenvalue weighted by Gasteiger charge is -2.20. The highest BCUT2D eigenvalue weighted by Gasteiger charge is 2.23. The van der Waals surface area contributed by atoms with Crippen molar-refractivity contribution in [1.82, 2.24) is 20.2 Å². The number of carboxylic acid groups (broad SMARTS) is 1. The first-order chi connectivity index (χ1) is 12.1. The van der Waals surface area contributed by atoms with Crippen molar-refractivity contribution < 1.29 is 19.4 Å². The van der Waals surface area contributed by atoms with E-state index in [1.54, 1.807) is 6.20 Å². The van der Waals surface area contributed by atoms with Gasteiger partial charge < -0.3 is 20.1 Å². The van der Waals surface area contributed by atoms with E-state index in [4.69, 9.17) is 4.74 Å². The van der Waals surface area contributed by atoms with Gasteiger partial charge in [0, 0.05) is 37.0 Å². The van der Waals surface area contributed by atoms with Crippen LogP contribution in [0.4, 0.5) is 0 Å². The number of hydrogen-bond acceptors (Lipinski definition) is 5. The van der Waals surface area contributed by atoms with E-state index in [-0.39, 0.29) is 18.9 Å². The van der Waals surface area contributed by atoms with Gasteiger partial charge in [-0.25, -0.2) is 9.78 Å². The van der Waals surface area contributed by atoms with Gasteiger partial charge in [-0.15, -0.1) is 0 Å². The van der Waals surface area contributed by atoms with E-state index >= 15 is 0 Å². The third-order valence-corrected chi connectivity index (χ3v) is 4.01. The number of fused-ring (bicyclic) bond motifs is 1. The maximum absolute atomic E-state index is 12.3. The van der Waals surface area contributed by atoms with Crippen LogP contribution in [0.3, 0.4) is 0 Å². The molecule has 2 heterocycles. The minimum absolute atomic E-state index is 0.116. The van der Waals surface area contributed by atoms with E-state index in [0.717, 1.165) is 11.3 Å². The number of carbonyl (C=O) groups is 2. The van der Waals surface area contributed by atoms with Gasteiger partial charge in [0.15, 0.2) is 0 Å². The fourth-order valence-electron chi connectivity index (χ4n) is 2.77. The van der Waals surface area contributed by atoms with Crippen LogP contribution in [0, 0.1) is 0 Å². The van der Waals surface area contributed by atoms with Crippen molar-refractivity contribution in [2.75, 3.05) is 19.7 Å². The number of aliphatic carboxylic acids is 1. The Kier molecular flexibility index (Phi) is 5.30. The summed E-state index contributed by atoms with van der Waals surface area (Å²) in [6.45, 7) is 1.79. The Morgan fingerprint density at radius 1 is 1.40 bits per heavy atom. The number of imidazole rings is 1. The number of aromatic nitrogens is 2. The molecule has 1 atom stereocenters. The molecule has 1 amide bonds. The number of H-pyrrole nitrogens is 1. The van der Waals surface area contributed by atoms with Gasteiger partial charge in [-0.3, -0.25) is 9.69 Å². The second kappa shape index (κ2) is 7.80. The summed E-state index contributed by atoms with van der Waals surface area (Å²) in [6.07, 6.45) is 3.18. The predicted molar refractivity (Wildman–Crippen MR) is 89.1 cm³/mol. The largest absolute Gasteiger partial charge is 0.492 e. The van der Waals surface area contributed by atoms with Gasteiger partial charge in [-0.05, 0) is 6.07 Å². The van der Waals surface area contributed by atoms with Gasteiger partial charge >= 0.3 is 5.97 Å². The first-order valence-corrected chi connectivity index (χ1v) is 8.04. The van der Waals surface area contributed by atoms with E-state index in [9.17, 15) is 14.7 Å². The molecule has 0 saturated heterocycles. The summed E-state index contributed by atoms with van der Waals surface area (Å²) in [5.41, 5.74) is 1.67. The lowest BCUT2D eigenvalue weighted by molar-refractivity contribution is -0.142. The van der Waals surface area contributed by atoms with E-state index in [2.05, 4.69) is 15.3 Å². The molecule has 8 nitrogen and oxygen atoms in total. The number of aromatic amines is 1. The Bertz CT molecular complexity index is 732. The van der Waals surface area contributed by atoms with Gasteiger partial charge in [-0.2, -0.15) is 0 Å². The first kappa shape index (κ1) is 17.0. The van der Waals surface area contributed by atoms with Gasteiger partial charge in [0.05, 0.1) is 12.9 Å². The molecule has 25 heavy (non-hydrogen) atoms. The van der Waals surface area contributed by atoms with Crippen LogP contribution in [0.2, 0.25) is 0 Å². The molecule has 0 spiro atoms. The second-order valence-corrected chi connectivity index (χ2v) is 5.91. The molecular weight excluding hydrogens is 324 g/mol. The summed E-state index contributed by atoms with van der Waals surface area (Å²) in [4.78, 5) is 32.3. The molecule has 0 bridgehead atoms. The van der Waals surface area contributed by atoms with Gasteiger partial charge in [0.2, 0.25) is 5.91 Å². The molecule has 1 aliphatic rings. The Morgan fingerprint density at radius 3 is 3.00 bits per heavy atom. The molecule has 0 saturated carbocycles. The van der Waals surface area contributed by atoms with Gasteiger partial charge in [-0.1, -0.05) is 18.2 Å². The average Bonchev–Trinajstić information content (AvgIpc) is 3.00. The smallest absolute Gasteiger partial charge is 0.326 e. The number of para-hydroxylation sites is 1. The Morgan fingerprint density at radius 2 is 2.24 bits per heavy atom. The zero-order valence-electron chi connectivity index (χ0n) is 13.6. The molecule has 0 unspecified atom stereocenters. The summed E-state index contributed by atoms with van der Waals surface area (Å²) in [7, 11) is 0. The van der Waals surface area contributed by atoms with Crippen molar-refractivity contribution in [3.05, 3.63) is 48.0 Å². The van der Waals surface area contributed by atoms with Crippen LogP contribution in [-0.2, 0) is 22.6 Å². The highest BCUT2D eigenvalue weighted by atomic mass is 16.5. The maximum atomic E-state index is 12.3. The van der Waals surface area contributed by atoms with E-state index in [0.29, 0.717) is 25.4 Å². The molecule has 0 fully saturated rings. The molecule has 0 aliphatic carbocycles. The Balaban J connectivity index is 1.58. The van der Waals surface area contributed by atoms with Crippen LogP contribution in [0.1, 0.15) is 11.3 Å². The van der Waals surface area contributed by atoms with E-state index in [1.165, 1.54) is 6.33 Å². The first-order valence-electron chi connectivity index (χ1n) is 8.04. The second-order valence-electron chi connectivity index (χ2n) is 5.91. The fourth-order valence-corrected chi connectivity index (χ4v) is 2.77. The highest BCUT2D eigenvalue weighted by Crippen LogP contribution is 2.22. The number of ether oxygens (including phenoxy) is 1. The van der Waals surface area contributed by atoms with Crippen LogP contribution in [0.5, 0.6) is 5.75 Å². The standard InChI is InChI=1S/C17H20N4O4/c22-16(20-14(17(23)24)7-13-8-18-11-19-13)10-21-5-6-25-15-4-2-1-3-12(15)9-21/h1-4,8,11,14H,5-7,9-10H2,(H,18,19)(H,20,22)(H,23,24)/t14-/m0/s1. The lowest BCUT2D eigenvalue weighted by Crippen LogP contribution is -2.46. The maximum Gasteiger partial charge on any atom is 0.326 e. The number of carboxylic acids is 1. The molecule has 3 N–H and O–H groups in total. The number of carbonyl (C=O) groups excluding carboxylic acids is 1.